The van der Waals surface area contributed by atoms with Gasteiger partial charge in [-0.25, -0.2) is 12.7 Å². The van der Waals surface area contributed by atoms with Crippen LogP contribution in [0.5, 0.6) is 0 Å². The molecule has 3 fully saturated rings. The molecular weight excluding hydrogens is 330 g/mol. The van der Waals surface area contributed by atoms with Crippen LogP contribution < -0.4 is 10.6 Å². The van der Waals surface area contributed by atoms with Crippen LogP contribution in [0.25, 0.3) is 0 Å². The van der Waals surface area contributed by atoms with E-state index in [4.69, 9.17) is 0 Å². The molecule has 3 heterocycles. The highest BCUT2D eigenvalue weighted by molar-refractivity contribution is 7.89. The van der Waals surface area contributed by atoms with E-state index in [2.05, 4.69) is 20.5 Å². The molecule has 0 saturated carbocycles. The van der Waals surface area contributed by atoms with Crippen LogP contribution in [-0.2, 0) is 14.8 Å². The predicted molar refractivity (Wildman–Crippen MR) is 92.2 cm³/mol. The quantitative estimate of drug-likeness (QED) is 0.509. The molecule has 1 unspecified atom stereocenters. The number of rotatable bonds is 3. The summed E-state index contributed by atoms with van der Waals surface area (Å²) in [4.78, 5) is 18.1. The van der Waals surface area contributed by atoms with Gasteiger partial charge in [-0.05, 0) is 19.3 Å². The number of guanidine groups is 1. The molecule has 0 bridgehead atoms. The second-order valence-corrected chi connectivity index (χ2v) is 9.11. The summed E-state index contributed by atoms with van der Waals surface area (Å²) in [5.74, 6) is 1.20. The predicted octanol–water partition coefficient (Wildman–Crippen LogP) is -0.801. The van der Waals surface area contributed by atoms with Gasteiger partial charge in [0.05, 0.1) is 5.75 Å². The second kappa shape index (κ2) is 6.87. The van der Waals surface area contributed by atoms with Gasteiger partial charge in [-0.3, -0.25) is 9.79 Å². The summed E-state index contributed by atoms with van der Waals surface area (Å²) in [7, 11) is -1.30. The summed E-state index contributed by atoms with van der Waals surface area (Å²) >= 11 is 0. The van der Waals surface area contributed by atoms with E-state index in [0.717, 1.165) is 38.4 Å². The van der Waals surface area contributed by atoms with E-state index >= 15 is 0 Å². The van der Waals surface area contributed by atoms with E-state index in [0.29, 0.717) is 32.5 Å². The molecule has 1 amide bonds. The molecule has 0 aliphatic carbocycles. The minimum absolute atomic E-state index is 0.0191. The average molecular weight is 357 g/mol. The van der Waals surface area contributed by atoms with Crippen molar-refractivity contribution in [2.45, 2.75) is 25.7 Å². The van der Waals surface area contributed by atoms with Gasteiger partial charge in [0.15, 0.2) is 5.96 Å². The Morgan fingerprint density at radius 3 is 2.83 bits per heavy atom. The van der Waals surface area contributed by atoms with Crippen LogP contribution in [-0.4, -0.2) is 81.6 Å². The van der Waals surface area contributed by atoms with Crippen LogP contribution >= 0.6 is 0 Å². The summed E-state index contributed by atoms with van der Waals surface area (Å²) in [6.45, 7) is 4.10. The van der Waals surface area contributed by atoms with Crippen LogP contribution in [0.1, 0.15) is 25.7 Å². The number of carbonyl (C=O) groups excluding carboxylic acids is 1. The van der Waals surface area contributed by atoms with Gasteiger partial charge >= 0.3 is 0 Å². The number of likely N-dealkylation sites (tertiary alicyclic amines) is 1. The third-order valence-electron chi connectivity index (χ3n) is 5.22. The van der Waals surface area contributed by atoms with Gasteiger partial charge in [0.2, 0.25) is 15.9 Å². The van der Waals surface area contributed by atoms with Crippen molar-refractivity contribution in [1.82, 2.24) is 19.8 Å². The summed E-state index contributed by atoms with van der Waals surface area (Å²) < 4.78 is 25.2. The number of sulfonamides is 1. The molecule has 2 N–H and O–H groups in total. The number of carbonyl (C=O) groups is 1. The van der Waals surface area contributed by atoms with Gasteiger partial charge < -0.3 is 15.5 Å². The van der Waals surface area contributed by atoms with Crippen molar-refractivity contribution in [3.63, 3.8) is 0 Å². The zero-order chi connectivity index (χ0) is 17.2. The first kappa shape index (κ1) is 17.5. The summed E-state index contributed by atoms with van der Waals surface area (Å²) in [5.41, 5.74) is 0.0191. The van der Waals surface area contributed by atoms with Gasteiger partial charge in [0.25, 0.3) is 0 Å². The van der Waals surface area contributed by atoms with Gasteiger partial charge in [0, 0.05) is 58.2 Å². The summed E-state index contributed by atoms with van der Waals surface area (Å²) in [5, 5.41) is 6.23. The number of hydrogen-bond donors (Lipinski definition) is 2. The van der Waals surface area contributed by atoms with Crippen molar-refractivity contribution in [3.05, 3.63) is 0 Å². The monoisotopic (exact) mass is 357 g/mol. The molecule has 0 aromatic rings. The fourth-order valence-electron chi connectivity index (χ4n) is 4.00. The van der Waals surface area contributed by atoms with E-state index in [9.17, 15) is 13.2 Å². The second-order valence-electron chi connectivity index (χ2n) is 7.02. The molecule has 136 valence electrons. The number of hydrogen-bond acceptors (Lipinski definition) is 4. The first-order chi connectivity index (χ1) is 11.4. The molecule has 1 spiro atoms. The average Bonchev–Trinajstić information content (AvgIpc) is 3.06. The van der Waals surface area contributed by atoms with Crippen molar-refractivity contribution in [2.75, 3.05) is 52.1 Å². The highest BCUT2D eigenvalue weighted by Crippen LogP contribution is 2.35. The van der Waals surface area contributed by atoms with E-state index in [1.807, 2.05) is 0 Å². The molecule has 0 radical (unpaired) electrons. The van der Waals surface area contributed by atoms with Crippen molar-refractivity contribution >= 4 is 21.9 Å². The Balaban J connectivity index is 1.53. The Bertz CT molecular complexity index is 621. The largest absolute Gasteiger partial charge is 0.355 e. The molecular formula is C15H27N5O3S. The SMILES string of the molecule is CN=C(NCCN1CCCS1(=O)=O)N1CCCC2(CNC(=O)C2)C1. The Morgan fingerprint density at radius 1 is 1.38 bits per heavy atom. The lowest BCUT2D eigenvalue weighted by atomic mass is 9.79. The number of amides is 1. The first-order valence-electron chi connectivity index (χ1n) is 8.64. The van der Waals surface area contributed by atoms with E-state index in [-0.39, 0.29) is 17.1 Å². The molecule has 0 aromatic heterocycles. The number of aliphatic imine (C=N–C) groups is 1. The minimum atomic E-state index is -3.05. The maximum Gasteiger partial charge on any atom is 0.220 e. The zero-order valence-electron chi connectivity index (χ0n) is 14.3. The Morgan fingerprint density at radius 2 is 2.21 bits per heavy atom. The van der Waals surface area contributed by atoms with Crippen LogP contribution in [0.2, 0.25) is 0 Å². The summed E-state index contributed by atoms with van der Waals surface area (Å²) in [6, 6.07) is 0. The first-order valence-corrected chi connectivity index (χ1v) is 10.3. The van der Waals surface area contributed by atoms with Crippen LogP contribution in [0, 0.1) is 5.41 Å². The Hall–Kier alpha value is -1.35. The van der Waals surface area contributed by atoms with Crippen molar-refractivity contribution < 1.29 is 13.2 Å². The molecule has 3 aliphatic heterocycles. The molecule has 9 heteroatoms. The molecule has 3 aliphatic rings. The lowest BCUT2D eigenvalue weighted by Gasteiger charge is -2.40. The van der Waals surface area contributed by atoms with E-state index < -0.39 is 10.0 Å². The van der Waals surface area contributed by atoms with Crippen molar-refractivity contribution in [3.8, 4) is 0 Å². The van der Waals surface area contributed by atoms with Crippen molar-refractivity contribution in [2.24, 2.45) is 10.4 Å². The number of piperidine rings is 1. The van der Waals surface area contributed by atoms with Crippen LogP contribution in [0.3, 0.4) is 0 Å². The van der Waals surface area contributed by atoms with E-state index in [1.165, 1.54) is 0 Å². The van der Waals surface area contributed by atoms with Gasteiger partial charge in [-0.2, -0.15) is 0 Å². The Kier molecular flexibility index (Phi) is 5.00. The van der Waals surface area contributed by atoms with Crippen LogP contribution in [0.4, 0.5) is 0 Å². The maximum absolute atomic E-state index is 11.8. The fraction of sp³-hybridized carbons (Fsp3) is 0.867. The lowest BCUT2D eigenvalue weighted by Crippen LogP contribution is -2.52. The number of nitrogens with zero attached hydrogens (tertiary/aromatic N) is 3. The Labute approximate surface area is 143 Å². The molecule has 3 rings (SSSR count). The molecule has 8 nitrogen and oxygen atoms in total. The fourth-order valence-corrected chi connectivity index (χ4v) is 5.52. The van der Waals surface area contributed by atoms with Gasteiger partial charge in [-0.15, -0.1) is 0 Å². The normalized spacial score (nSPS) is 30.8. The molecule has 0 aromatic carbocycles. The highest BCUT2D eigenvalue weighted by Gasteiger charge is 2.42. The van der Waals surface area contributed by atoms with Crippen LogP contribution in [0.15, 0.2) is 4.99 Å². The van der Waals surface area contributed by atoms with Crippen molar-refractivity contribution in [1.29, 1.82) is 0 Å². The smallest absolute Gasteiger partial charge is 0.220 e. The van der Waals surface area contributed by atoms with E-state index in [1.54, 1.807) is 11.4 Å². The lowest BCUT2D eigenvalue weighted by molar-refractivity contribution is -0.119. The third-order valence-corrected chi connectivity index (χ3v) is 7.17. The van der Waals surface area contributed by atoms with Gasteiger partial charge in [0.1, 0.15) is 0 Å². The molecule has 3 saturated heterocycles. The maximum atomic E-state index is 11.8. The standard InChI is InChI=1S/C15H27N5O3S/c1-16-14(17-5-8-20-7-3-9-24(20,22)23)19-6-2-4-15(12-19)10-13(21)18-11-15/h2-12H2,1H3,(H,16,17)(H,18,21). The number of nitrogens with one attached hydrogen (secondary N) is 2. The topological polar surface area (TPSA) is 94.1 Å². The molecule has 1 atom stereocenters. The summed E-state index contributed by atoms with van der Waals surface area (Å²) in [6.07, 6.45) is 3.40. The third kappa shape index (κ3) is 3.66. The highest BCUT2D eigenvalue weighted by atomic mass is 32.2. The zero-order valence-corrected chi connectivity index (χ0v) is 15.1. The van der Waals surface area contributed by atoms with Gasteiger partial charge in [-0.1, -0.05) is 0 Å². The molecule has 24 heavy (non-hydrogen) atoms. The minimum Gasteiger partial charge on any atom is -0.355 e.